The molecule has 0 aliphatic carbocycles. The zero-order valence-corrected chi connectivity index (χ0v) is 15.2. The summed E-state index contributed by atoms with van der Waals surface area (Å²) in [6.45, 7) is 6.52. The molecule has 0 unspecified atom stereocenters. The molecule has 132 valence electrons. The minimum Gasteiger partial charge on any atom is -0.338 e. The van der Waals surface area contributed by atoms with E-state index < -0.39 is 0 Å². The minimum absolute atomic E-state index is 0.213. The zero-order chi connectivity index (χ0) is 17.0. The van der Waals surface area contributed by atoms with E-state index in [2.05, 4.69) is 28.8 Å². The molecule has 0 bridgehead atoms. The Morgan fingerprint density at radius 3 is 2.46 bits per heavy atom. The predicted molar refractivity (Wildman–Crippen MR) is 98.2 cm³/mol. The van der Waals surface area contributed by atoms with Gasteiger partial charge in [-0.3, -0.25) is 4.79 Å². The summed E-state index contributed by atoms with van der Waals surface area (Å²) in [4.78, 5) is 19.7. The molecule has 2 aliphatic heterocycles. The molecule has 0 radical (unpaired) electrons. The smallest absolute Gasteiger partial charge is 0.253 e. The first-order chi connectivity index (χ1) is 11.6. The number of hydrogen-bond acceptors (Lipinski definition) is 3. The van der Waals surface area contributed by atoms with Gasteiger partial charge in [0.05, 0.1) is 0 Å². The fraction of sp³-hybridized carbons (Fsp3) is 0.650. The van der Waals surface area contributed by atoms with Gasteiger partial charge < -0.3 is 14.7 Å². The summed E-state index contributed by atoms with van der Waals surface area (Å²) in [6.07, 6.45) is 4.90. The van der Waals surface area contributed by atoms with Gasteiger partial charge >= 0.3 is 0 Å². The normalized spacial score (nSPS) is 21.4. The third-order valence-electron chi connectivity index (χ3n) is 5.75. The van der Waals surface area contributed by atoms with E-state index in [0.717, 1.165) is 38.2 Å². The number of amides is 1. The molecule has 2 fully saturated rings. The van der Waals surface area contributed by atoms with Gasteiger partial charge in [0, 0.05) is 31.7 Å². The molecular weight excluding hydrogens is 298 g/mol. The summed E-state index contributed by atoms with van der Waals surface area (Å²) < 4.78 is 0. The van der Waals surface area contributed by atoms with Crippen molar-refractivity contribution in [1.82, 2.24) is 14.7 Å². The molecule has 3 rings (SSSR count). The highest BCUT2D eigenvalue weighted by Crippen LogP contribution is 2.40. The van der Waals surface area contributed by atoms with Crippen LogP contribution in [0.3, 0.4) is 0 Å². The van der Waals surface area contributed by atoms with Crippen molar-refractivity contribution < 1.29 is 4.79 Å². The van der Waals surface area contributed by atoms with Crippen molar-refractivity contribution in [1.29, 1.82) is 0 Å². The van der Waals surface area contributed by atoms with Gasteiger partial charge in [0.1, 0.15) is 0 Å². The first-order valence-electron chi connectivity index (χ1n) is 9.29. The van der Waals surface area contributed by atoms with Gasteiger partial charge in [-0.1, -0.05) is 18.2 Å². The second-order valence-corrected chi connectivity index (χ2v) is 7.84. The molecule has 2 aliphatic rings. The molecule has 0 aromatic heterocycles. The maximum absolute atomic E-state index is 12.8. The molecule has 4 heteroatoms. The summed E-state index contributed by atoms with van der Waals surface area (Å²) in [5.74, 6) is 0.213. The summed E-state index contributed by atoms with van der Waals surface area (Å²) in [5.41, 5.74) is 1.19. The van der Waals surface area contributed by atoms with Crippen LogP contribution in [-0.4, -0.2) is 74.0 Å². The summed E-state index contributed by atoms with van der Waals surface area (Å²) in [7, 11) is 4.28. The first kappa shape index (κ1) is 17.4. The first-order valence-corrected chi connectivity index (χ1v) is 9.29. The number of likely N-dealkylation sites (N-methyl/N-ethyl adjacent to an activating group) is 1. The Labute approximate surface area is 146 Å². The average Bonchev–Trinajstić information content (AvgIpc) is 2.61. The van der Waals surface area contributed by atoms with Gasteiger partial charge in [-0.2, -0.15) is 0 Å². The van der Waals surface area contributed by atoms with Crippen LogP contribution >= 0.6 is 0 Å². The maximum Gasteiger partial charge on any atom is 0.253 e. The molecule has 2 heterocycles. The number of likely N-dealkylation sites (tertiary alicyclic amines) is 2. The Morgan fingerprint density at radius 2 is 1.79 bits per heavy atom. The third-order valence-corrected chi connectivity index (χ3v) is 5.75. The largest absolute Gasteiger partial charge is 0.338 e. The Bertz CT molecular complexity index is 535. The summed E-state index contributed by atoms with van der Waals surface area (Å²) in [6, 6.07) is 9.76. The number of carbonyl (C=O) groups excluding carboxylic acids is 1. The van der Waals surface area contributed by atoms with Crippen LogP contribution < -0.4 is 0 Å². The average molecular weight is 329 g/mol. The molecule has 0 saturated carbocycles. The molecule has 1 spiro atoms. The van der Waals surface area contributed by atoms with Gasteiger partial charge in [0.25, 0.3) is 5.91 Å². The van der Waals surface area contributed by atoms with Crippen molar-refractivity contribution in [2.45, 2.75) is 25.7 Å². The standard InChI is InChI=1S/C20H31N3O/c1-21(2)15-16-22-13-10-20(11-14-22)9-6-12-23(17-20)19(24)18-7-4-3-5-8-18/h3-5,7-8H,6,9-17H2,1-2H3. The molecule has 2 saturated heterocycles. The maximum atomic E-state index is 12.8. The van der Waals surface area contributed by atoms with E-state index in [1.807, 2.05) is 30.3 Å². The van der Waals surface area contributed by atoms with E-state index in [1.54, 1.807) is 0 Å². The lowest BCUT2D eigenvalue weighted by molar-refractivity contribution is 0.0204. The van der Waals surface area contributed by atoms with Crippen LogP contribution in [0.25, 0.3) is 0 Å². The van der Waals surface area contributed by atoms with E-state index in [9.17, 15) is 4.79 Å². The highest BCUT2D eigenvalue weighted by atomic mass is 16.2. The van der Waals surface area contributed by atoms with Crippen LogP contribution in [0, 0.1) is 5.41 Å². The molecule has 1 aromatic carbocycles. The van der Waals surface area contributed by atoms with Crippen molar-refractivity contribution in [3.05, 3.63) is 35.9 Å². The van der Waals surface area contributed by atoms with Crippen LogP contribution in [-0.2, 0) is 0 Å². The lowest BCUT2D eigenvalue weighted by Crippen LogP contribution is -2.51. The predicted octanol–water partition coefficient (Wildman–Crippen LogP) is 2.57. The topological polar surface area (TPSA) is 26.8 Å². The number of hydrogen-bond donors (Lipinski definition) is 0. The SMILES string of the molecule is CN(C)CCN1CCC2(CCCN(C(=O)c3ccccc3)C2)CC1. The van der Waals surface area contributed by atoms with Crippen molar-refractivity contribution in [2.75, 3.05) is 53.4 Å². The van der Waals surface area contributed by atoms with E-state index in [4.69, 9.17) is 0 Å². The Balaban J connectivity index is 1.57. The fourth-order valence-electron chi connectivity index (χ4n) is 4.15. The van der Waals surface area contributed by atoms with Crippen LogP contribution in [0.5, 0.6) is 0 Å². The van der Waals surface area contributed by atoms with Crippen molar-refractivity contribution in [2.24, 2.45) is 5.41 Å². The van der Waals surface area contributed by atoms with E-state index in [1.165, 1.54) is 32.4 Å². The molecular formula is C20H31N3O. The Kier molecular flexibility index (Phi) is 5.57. The minimum atomic E-state index is 0.213. The molecule has 0 N–H and O–H groups in total. The fourth-order valence-corrected chi connectivity index (χ4v) is 4.15. The van der Waals surface area contributed by atoms with Gasteiger partial charge in [-0.25, -0.2) is 0 Å². The monoisotopic (exact) mass is 329 g/mol. The van der Waals surface area contributed by atoms with Crippen LogP contribution in [0.4, 0.5) is 0 Å². The zero-order valence-electron chi connectivity index (χ0n) is 15.2. The number of rotatable bonds is 4. The van der Waals surface area contributed by atoms with E-state index in [0.29, 0.717) is 5.41 Å². The van der Waals surface area contributed by atoms with Crippen LogP contribution in [0.2, 0.25) is 0 Å². The number of carbonyl (C=O) groups is 1. The summed E-state index contributed by atoms with van der Waals surface area (Å²) >= 11 is 0. The highest BCUT2D eigenvalue weighted by Gasteiger charge is 2.39. The van der Waals surface area contributed by atoms with Crippen molar-refractivity contribution in [3.63, 3.8) is 0 Å². The van der Waals surface area contributed by atoms with Crippen molar-refractivity contribution >= 4 is 5.91 Å². The van der Waals surface area contributed by atoms with E-state index in [-0.39, 0.29) is 5.91 Å². The molecule has 0 atom stereocenters. The number of piperidine rings is 2. The quantitative estimate of drug-likeness (QED) is 0.849. The van der Waals surface area contributed by atoms with Gasteiger partial charge in [-0.05, 0) is 70.4 Å². The Morgan fingerprint density at radius 1 is 1.08 bits per heavy atom. The molecule has 1 amide bonds. The van der Waals surface area contributed by atoms with Gasteiger partial charge in [0.2, 0.25) is 0 Å². The molecule has 4 nitrogen and oxygen atoms in total. The second-order valence-electron chi connectivity index (χ2n) is 7.84. The molecule has 1 aromatic rings. The van der Waals surface area contributed by atoms with Crippen LogP contribution in [0.15, 0.2) is 30.3 Å². The number of benzene rings is 1. The third kappa shape index (κ3) is 4.17. The second kappa shape index (κ2) is 7.66. The number of nitrogens with zero attached hydrogens (tertiary/aromatic N) is 3. The highest BCUT2D eigenvalue weighted by molar-refractivity contribution is 5.94. The lowest BCUT2D eigenvalue weighted by Gasteiger charge is -2.47. The van der Waals surface area contributed by atoms with Gasteiger partial charge in [0.15, 0.2) is 0 Å². The van der Waals surface area contributed by atoms with E-state index >= 15 is 0 Å². The van der Waals surface area contributed by atoms with Crippen molar-refractivity contribution in [3.8, 4) is 0 Å². The Hall–Kier alpha value is -1.39. The van der Waals surface area contributed by atoms with Crippen LogP contribution in [0.1, 0.15) is 36.0 Å². The summed E-state index contributed by atoms with van der Waals surface area (Å²) in [5, 5.41) is 0. The molecule has 24 heavy (non-hydrogen) atoms. The van der Waals surface area contributed by atoms with Gasteiger partial charge in [-0.15, -0.1) is 0 Å². The lowest BCUT2D eigenvalue weighted by atomic mass is 9.72.